The monoisotopic (exact) mass is 375 g/mol. The fourth-order valence-electron chi connectivity index (χ4n) is 4.49. The zero-order valence-corrected chi connectivity index (χ0v) is 16.0. The summed E-state index contributed by atoms with van der Waals surface area (Å²) < 4.78 is 0. The van der Waals surface area contributed by atoms with E-state index in [1.165, 1.54) is 11.1 Å². The Hall–Kier alpha value is -2.50. The van der Waals surface area contributed by atoms with Gasteiger partial charge < -0.3 is 5.32 Å². The van der Waals surface area contributed by atoms with Gasteiger partial charge in [-0.25, -0.2) is 4.98 Å². The van der Waals surface area contributed by atoms with Gasteiger partial charge in [-0.05, 0) is 43.0 Å². The first-order valence-electron chi connectivity index (χ1n) is 9.36. The van der Waals surface area contributed by atoms with Crippen LogP contribution in [0.4, 0.5) is 5.69 Å². The van der Waals surface area contributed by atoms with E-state index < -0.39 is 0 Å². The lowest BCUT2D eigenvalue weighted by Crippen LogP contribution is -2.31. The molecule has 1 fully saturated rings. The van der Waals surface area contributed by atoms with Crippen molar-refractivity contribution in [2.24, 2.45) is 0 Å². The van der Waals surface area contributed by atoms with Gasteiger partial charge in [0, 0.05) is 28.7 Å². The predicted molar refractivity (Wildman–Crippen MR) is 109 cm³/mol. The third-order valence-corrected chi connectivity index (χ3v) is 6.39. The molecule has 27 heavy (non-hydrogen) atoms. The van der Waals surface area contributed by atoms with E-state index in [2.05, 4.69) is 44.8 Å². The third kappa shape index (κ3) is 2.97. The van der Waals surface area contributed by atoms with Crippen molar-refractivity contribution < 1.29 is 4.79 Å². The molecule has 1 saturated heterocycles. The largest absolute Gasteiger partial charge is 0.325 e. The van der Waals surface area contributed by atoms with Gasteiger partial charge >= 0.3 is 0 Å². The van der Waals surface area contributed by atoms with Gasteiger partial charge in [0.25, 0.3) is 0 Å². The first kappa shape index (κ1) is 16.7. The maximum absolute atomic E-state index is 12.7. The lowest BCUT2D eigenvalue weighted by atomic mass is 9.92. The molecule has 1 amide bonds. The molecule has 0 spiro atoms. The first-order valence-corrected chi connectivity index (χ1v) is 10.2. The molecule has 2 aromatic carbocycles. The fourth-order valence-corrected chi connectivity index (χ4v) is 5.11. The number of hydrogen-bond acceptors (Lipinski definition) is 4. The van der Waals surface area contributed by atoms with E-state index in [4.69, 9.17) is 0 Å². The maximum atomic E-state index is 12.7. The van der Waals surface area contributed by atoms with Crippen LogP contribution in [0.2, 0.25) is 0 Å². The molecule has 2 unspecified atom stereocenters. The summed E-state index contributed by atoms with van der Waals surface area (Å²) >= 11 is 1.64. The molecule has 1 aromatic heterocycles. The van der Waals surface area contributed by atoms with Crippen LogP contribution < -0.4 is 5.32 Å². The second-order valence-corrected chi connectivity index (χ2v) is 8.35. The minimum Gasteiger partial charge on any atom is -0.325 e. The van der Waals surface area contributed by atoms with Crippen LogP contribution >= 0.6 is 11.3 Å². The van der Waals surface area contributed by atoms with Crippen molar-refractivity contribution in [1.29, 1.82) is 0 Å². The molecule has 2 bridgehead atoms. The van der Waals surface area contributed by atoms with Gasteiger partial charge in [0.1, 0.15) is 0 Å². The lowest BCUT2D eigenvalue weighted by molar-refractivity contribution is -0.117. The molecular weight excluding hydrogens is 354 g/mol. The SMILES string of the molecule is Cc1nc(-c2cccc(NC(=O)CN3C4CCC3c3ccccc34)c2)cs1. The number of anilines is 1. The zero-order chi connectivity index (χ0) is 18.4. The van der Waals surface area contributed by atoms with Gasteiger partial charge in [-0.1, -0.05) is 36.4 Å². The van der Waals surface area contributed by atoms with Crippen LogP contribution in [0, 0.1) is 6.92 Å². The molecule has 0 aliphatic carbocycles. The van der Waals surface area contributed by atoms with Crippen molar-refractivity contribution in [2.75, 3.05) is 11.9 Å². The van der Waals surface area contributed by atoms with E-state index in [0.717, 1.165) is 34.8 Å². The van der Waals surface area contributed by atoms with Crippen molar-refractivity contribution >= 4 is 22.9 Å². The number of benzene rings is 2. The molecule has 0 radical (unpaired) electrons. The van der Waals surface area contributed by atoms with E-state index in [-0.39, 0.29) is 5.91 Å². The van der Waals surface area contributed by atoms with Gasteiger partial charge in [0.2, 0.25) is 5.91 Å². The number of carbonyl (C=O) groups excluding carboxylic acids is 1. The van der Waals surface area contributed by atoms with Crippen LogP contribution in [0.15, 0.2) is 53.9 Å². The molecule has 1 N–H and O–H groups in total. The van der Waals surface area contributed by atoms with Gasteiger partial charge in [0.05, 0.1) is 17.2 Å². The van der Waals surface area contributed by atoms with Crippen LogP contribution in [-0.2, 0) is 4.79 Å². The van der Waals surface area contributed by atoms with E-state index in [1.807, 2.05) is 31.2 Å². The molecule has 4 nitrogen and oxygen atoms in total. The number of aryl methyl sites for hydroxylation is 1. The highest BCUT2D eigenvalue weighted by Gasteiger charge is 2.43. The molecule has 3 aromatic rings. The van der Waals surface area contributed by atoms with Crippen molar-refractivity contribution in [3.63, 3.8) is 0 Å². The van der Waals surface area contributed by atoms with Crippen molar-refractivity contribution in [3.8, 4) is 11.3 Å². The molecule has 5 heteroatoms. The standard InChI is InChI=1S/C22H21N3OS/c1-14-23-19(13-27-14)15-5-4-6-16(11-15)24-22(26)12-25-20-9-10-21(25)18-8-3-2-7-17(18)20/h2-8,11,13,20-21H,9-10,12H2,1H3,(H,24,26). The number of nitrogens with zero attached hydrogens (tertiary/aromatic N) is 2. The van der Waals surface area contributed by atoms with Crippen LogP contribution in [0.1, 0.15) is 41.1 Å². The minimum atomic E-state index is 0.0475. The van der Waals surface area contributed by atoms with E-state index >= 15 is 0 Å². The molecule has 3 heterocycles. The number of hydrogen-bond donors (Lipinski definition) is 1. The zero-order valence-electron chi connectivity index (χ0n) is 15.2. The molecule has 2 aliphatic rings. The Morgan fingerprint density at radius 1 is 1.15 bits per heavy atom. The topological polar surface area (TPSA) is 45.2 Å². The van der Waals surface area contributed by atoms with Crippen LogP contribution in [0.25, 0.3) is 11.3 Å². The third-order valence-electron chi connectivity index (χ3n) is 5.62. The van der Waals surface area contributed by atoms with E-state index in [0.29, 0.717) is 18.6 Å². The quantitative estimate of drug-likeness (QED) is 0.702. The van der Waals surface area contributed by atoms with Crippen molar-refractivity contribution in [3.05, 3.63) is 70.0 Å². The Morgan fingerprint density at radius 3 is 2.56 bits per heavy atom. The Balaban J connectivity index is 1.30. The summed E-state index contributed by atoms with van der Waals surface area (Å²) in [6.45, 7) is 2.44. The minimum absolute atomic E-state index is 0.0475. The number of nitrogens with one attached hydrogen (secondary N) is 1. The molecule has 2 aliphatic heterocycles. The fraction of sp³-hybridized carbons (Fsp3) is 0.273. The molecular formula is C22H21N3OS. The first-order chi connectivity index (χ1) is 13.2. The highest BCUT2D eigenvalue weighted by atomic mass is 32.1. The molecule has 136 valence electrons. The number of carbonyl (C=O) groups is 1. The average molecular weight is 375 g/mol. The molecule has 5 rings (SSSR count). The Morgan fingerprint density at radius 2 is 1.89 bits per heavy atom. The highest BCUT2D eigenvalue weighted by Crippen LogP contribution is 2.52. The van der Waals surface area contributed by atoms with Crippen LogP contribution in [0.3, 0.4) is 0 Å². The molecule has 2 atom stereocenters. The second-order valence-electron chi connectivity index (χ2n) is 7.29. The van der Waals surface area contributed by atoms with Crippen molar-refractivity contribution in [1.82, 2.24) is 9.88 Å². The van der Waals surface area contributed by atoms with E-state index in [9.17, 15) is 4.79 Å². The van der Waals surface area contributed by atoms with Gasteiger partial charge in [-0.15, -0.1) is 11.3 Å². The number of fused-ring (bicyclic) bond motifs is 5. The lowest BCUT2D eigenvalue weighted by Gasteiger charge is -2.21. The number of thiazole rings is 1. The smallest absolute Gasteiger partial charge is 0.238 e. The van der Waals surface area contributed by atoms with Gasteiger partial charge in [-0.3, -0.25) is 9.69 Å². The van der Waals surface area contributed by atoms with Gasteiger partial charge in [-0.2, -0.15) is 0 Å². The summed E-state index contributed by atoms with van der Waals surface area (Å²) in [5.74, 6) is 0.0475. The Labute approximate surface area is 162 Å². The summed E-state index contributed by atoms with van der Waals surface area (Å²) in [5.41, 5.74) is 5.63. The number of aromatic nitrogens is 1. The highest BCUT2D eigenvalue weighted by molar-refractivity contribution is 7.09. The van der Waals surface area contributed by atoms with Crippen molar-refractivity contribution in [2.45, 2.75) is 31.8 Å². The maximum Gasteiger partial charge on any atom is 0.238 e. The number of rotatable bonds is 4. The van der Waals surface area contributed by atoms with E-state index in [1.54, 1.807) is 11.3 Å². The predicted octanol–water partition coefficient (Wildman–Crippen LogP) is 4.95. The summed E-state index contributed by atoms with van der Waals surface area (Å²) in [6, 6.07) is 17.3. The summed E-state index contributed by atoms with van der Waals surface area (Å²) in [5, 5.41) is 6.17. The second kappa shape index (κ2) is 6.59. The normalized spacial score (nSPS) is 20.6. The molecule has 0 saturated carbocycles. The van der Waals surface area contributed by atoms with Gasteiger partial charge in [0.15, 0.2) is 0 Å². The summed E-state index contributed by atoms with van der Waals surface area (Å²) in [6.07, 6.45) is 2.29. The Kier molecular flexibility index (Phi) is 4.06. The number of amides is 1. The van der Waals surface area contributed by atoms with Crippen LogP contribution in [0.5, 0.6) is 0 Å². The Bertz CT molecular complexity index is 981. The summed E-state index contributed by atoms with van der Waals surface area (Å²) in [7, 11) is 0. The summed E-state index contributed by atoms with van der Waals surface area (Å²) in [4.78, 5) is 19.6. The van der Waals surface area contributed by atoms with Crippen LogP contribution in [-0.4, -0.2) is 22.3 Å². The average Bonchev–Trinajstić information content (AvgIpc) is 3.36.